The third kappa shape index (κ3) is 1.20. The Kier molecular flexibility index (Phi) is 2.04. The van der Waals surface area contributed by atoms with Gasteiger partial charge in [-0.3, -0.25) is 0 Å². The predicted molar refractivity (Wildman–Crippen MR) is 52.4 cm³/mol. The van der Waals surface area contributed by atoms with E-state index in [-0.39, 0.29) is 0 Å². The van der Waals surface area contributed by atoms with E-state index in [1.54, 1.807) is 0 Å². The molecule has 3 heteroatoms. The summed E-state index contributed by atoms with van der Waals surface area (Å²) in [4.78, 5) is 0. The highest BCUT2D eigenvalue weighted by Crippen LogP contribution is 2.14. The summed E-state index contributed by atoms with van der Waals surface area (Å²) in [5.74, 6) is 1.04. The summed E-state index contributed by atoms with van der Waals surface area (Å²) in [6.45, 7) is 0. The van der Waals surface area contributed by atoms with Crippen LogP contribution in [0.15, 0.2) is 30.6 Å². The van der Waals surface area contributed by atoms with Crippen LogP contribution >= 0.6 is 11.8 Å². The lowest BCUT2D eigenvalue weighted by Crippen LogP contribution is -1.84. The average Bonchev–Trinajstić information content (AvgIpc) is 2.50. The molecular formula is C9H10N2S. The molecule has 0 radical (unpaired) electrons. The number of hydrogen-bond donors (Lipinski definition) is 0. The van der Waals surface area contributed by atoms with E-state index >= 15 is 0 Å². The second-order valence-electron chi connectivity index (χ2n) is 2.63. The fourth-order valence-electron chi connectivity index (χ4n) is 1.25. The van der Waals surface area contributed by atoms with Crippen molar-refractivity contribution in [2.24, 2.45) is 0 Å². The monoisotopic (exact) mass is 178 g/mol. The van der Waals surface area contributed by atoms with E-state index in [4.69, 9.17) is 0 Å². The van der Waals surface area contributed by atoms with Gasteiger partial charge in [0.15, 0.2) is 0 Å². The molecule has 0 aliphatic rings. The fourth-order valence-corrected chi connectivity index (χ4v) is 1.79. The smallest absolute Gasteiger partial charge is 0.0701 e. The van der Waals surface area contributed by atoms with E-state index < -0.39 is 0 Å². The Morgan fingerprint density at radius 3 is 3.25 bits per heavy atom. The Balaban J connectivity index is 2.55. The standard InChI is InChI=1S/C9H10N2S/c1-12-7-8-6-10-11-5-3-2-4-9(8)11/h2-6H,7H2,1H3. The van der Waals surface area contributed by atoms with Crippen molar-refractivity contribution >= 4 is 17.3 Å². The molecule has 2 nitrogen and oxygen atoms in total. The van der Waals surface area contributed by atoms with Crippen molar-refractivity contribution in [3.8, 4) is 0 Å². The van der Waals surface area contributed by atoms with Gasteiger partial charge in [-0.25, -0.2) is 4.52 Å². The van der Waals surface area contributed by atoms with Crippen LogP contribution in [0.2, 0.25) is 0 Å². The summed E-state index contributed by atoms with van der Waals surface area (Å²) in [5.41, 5.74) is 2.52. The lowest BCUT2D eigenvalue weighted by Gasteiger charge is -1.94. The first-order valence-electron chi connectivity index (χ1n) is 3.82. The SMILES string of the molecule is CSCc1cnn2ccccc12. The molecule has 0 fully saturated rings. The van der Waals surface area contributed by atoms with Crippen molar-refractivity contribution in [2.45, 2.75) is 5.75 Å². The van der Waals surface area contributed by atoms with E-state index in [0.29, 0.717) is 0 Å². The van der Waals surface area contributed by atoms with Crippen molar-refractivity contribution in [1.82, 2.24) is 9.61 Å². The molecule has 0 N–H and O–H groups in total. The normalized spacial score (nSPS) is 10.8. The maximum absolute atomic E-state index is 4.24. The minimum absolute atomic E-state index is 1.04. The highest BCUT2D eigenvalue weighted by Gasteiger charge is 2.00. The van der Waals surface area contributed by atoms with Crippen LogP contribution in [-0.4, -0.2) is 15.9 Å². The molecule has 12 heavy (non-hydrogen) atoms. The van der Waals surface area contributed by atoms with Crippen molar-refractivity contribution in [1.29, 1.82) is 0 Å². The number of rotatable bonds is 2. The van der Waals surface area contributed by atoms with Gasteiger partial charge in [-0.1, -0.05) is 6.07 Å². The Morgan fingerprint density at radius 1 is 1.50 bits per heavy atom. The number of hydrogen-bond acceptors (Lipinski definition) is 2. The largest absolute Gasteiger partial charge is 0.241 e. The molecule has 0 aromatic carbocycles. The van der Waals surface area contributed by atoms with Gasteiger partial charge in [-0.2, -0.15) is 16.9 Å². The van der Waals surface area contributed by atoms with E-state index in [2.05, 4.69) is 17.4 Å². The number of aromatic nitrogens is 2. The first-order valence-corrected chi connectivity index (χ1v) is 5.21. The van der Waals surface area contributed by atoms with Gasteiger partial charge in [0.25, 0.3) is 0 Å². The molecule has 62 valence electrons. The predicted octanol–water partition coefficient (Wildman–Crippen LogP) is 2.20. The molecular weight excluding hydrogens is 168 g/mol. The maximum atomic E-state index is 4.24. The van der Waals surface area contributed by atoms with E-state index in [0.717, 1.165) is 5.75 Å². The highest BCUT2D eigenvalue weighted by atomic mass is 32.2. The van der Waals surface area contributed by atoms with Crippen LogP contribution in [-0.2, 0) is 5.75 Å². The van der Waals surface area contributed by atoms with E-state index in [1.165, 1.54) is 11.1 Å². The second kappa shape index (κ2) is 3.19. The zero-order valence-corrected chi connectivity index (χ0v) is 7.71. The summed E-state index contributed by atoms with van der Waals surface area (Å²) < 4.78 is 1.91. The molecule has 2 aromatic heterocycles. The summed E-state index contributed by atoms with van der Waals surface area (Å²) in [6, 6.07) is 6.13. The van der Waals surface area contributed by atoms with Crippen molar-refractivity contribution in [2.75, 3.05) is 6.26 Å². The van der Waals surface area contributed by atoms with Crippen LogP contribution in [0.1, 0.15) is 5.56 Å². The Morgan fingerprint density at radius 2 is 2.42 bits per heavy atom. The summed E-state index contributed by atoms with van der Waals surface area (Å²) in [7, 11) is 0. The van der Waals surface area contributed by atoms with Crippen LogP contribution in [0.5, 0.6) is 0 Å². The average molecular weight is 178 g/mol. The first-order chi connectivity index (χ1) is 5.92. The molecule has 0 aliphatic heterocycles. The first kappa shape index (κ1) is 7.68. The quantitative estimate of drug-likeness (QED) is 0.701. The third-order valence-electron chi connectivity index (χ3n) is 1.81. The van der Waals surface area contributed by atoms with Crippen LogP contribution in [0.3, 0.4) is 0 Å². The molecule has 0 bridgehead atoms. The van der Waals surface area contributed by atoms with Crippen molar-refractivity contribution in [3.63, 3.8) is 0 Å². The van der Waals surface area contributed by atoms with Gasteiger partial charge < -0.3 is 0 Å². The van der Waals surface area contributed by atoms with Gasteiger partial charge in [0.05, 0.1) is 11.7 Å². The van der Waals surface area contributed by atoms with Gasteiger partial charge in [-0.05, 0) is 18.4 Å². The fraction of sp³-hybridized carbons (Fsp3) is 0.222. The second-order valence-corrected chi connectivity index (χ2v) is 3.50. The number of thioether (sulfide) groups is 1. The third-order valence-corrected chi connectivity index (χ3v) is 2.41. The van der Waals surface area contributed by atoms with Gasteiger partial charge >= 0.3 is 0 Å². The lowest BCUT2D eigenvalue weighted by atomic mass is 10.3. The minimum Gasteiger partial charge on any atom is -0.241 e. The number of fused-ring (bicyclic) bond motifs is 1. The molecule has 2 heterocycles. The van der Waals surface area contributed by atoms with Crippen LogP contribution in [0.4, 0.5) is 0 Å². The van der Waals surface area contributed by atoms with Crippen LogP contribution in [0.25, 0.3) is 5.52 Å². The van der Waals surface area contributed by atoms with E-state index in [1.807, 2.05) is 40.8 Å². The zero-order valence-electron chi connectivity index (χ0n) is 6.90. The maximum Gasteiger partial charge on any atom is 0.0701 e. The summed E-state index contributed by atoms with van der Waals surface area (Å²) >= 11 is 1.82. The highest BCUT2D eigenvalue weighted by molar-refractivity contribution is 7.97. The summed E-state index contributed by atoms with van der Waals surface area (Å²) in [6.07, 6.45) is 6.01. The van der Waals surface area contributed by atoms with Crippen molar-refractivity contribution in [3.05, 3.63) is 36.2 Å². The van der Waals surface area contributed by atoms with Gasteiger partial charge in [0.1, 0.15) is 0 Å². The molecule has 2 rings (SSSR count). The Labute approximate surface area is 75.6 Å². The molecule has 0 saturated carbocycles. The molecule has 0 atom stereocenters. The van der Waals surface area contributed by atoms with Gasteiger partial charge in [-0.15, -0.1) is 0 Å². The number of nitrogens with zero attached hydrogens (tertiary/aromatic N) is 2. The minimum atomic E-state index is 1.04. The van der Waals surface area contributed by atoms with Gasteiger partial charge in [0.2, 0.25) is 0 Å². The van der Waals surface area contributed by atoms with Crippen LogP contribution in [0, 0.1) is 0 Å². The lowest BCUT2D eigenvalue weighted by molar-refractivity contribution is 0.961. The topological polar surface area (TPSA) is 17.3 Å². The van der Waals surface area contributed by atoms with E-state index in [9.17, 15) is 0 Å². The summed E-state index contributed by atoms with van der Waals surface area (Å²) in [5, 5.41) is 4.24. The zero-order chi connectivity index (χ0) is 8.39. The molecule has 0 aliphatic carbocycles. The molecule has 0 spiro atoms. The Hall–Kier alpha value is -0.960. The Bertz CT molecular complexity index is 381. The molecule has 0 unspecified atom stereocenters. The number of pyridine rings is 1. The molecule has 0 saturated heterocycles. The molecule has 2 aromatic rings. The van der Waals surface area contributed by atoms with Gasteiger partial charge in [0, 0.05) is 17.5 Å². The van der Waals surface area contributed by atoms with Crippen molar-refractivity contribution < 1.29 is 0 Å². The van der Waals surface area contributed by atoms with Crippen LogP contribution < -0.4 is 0 Å². The molecule has 0 amide bonds.